The third kappa shape index (κ3) is 4.52. The summed E-state index contributed by atoms with van der Waals surface area (Å²) >= 11 is 0. The predicted octanol–water partition coefficient (Wildman–Crippen LogP) is 2.80. The van der Waals surface area contributed by atoms with Crippen LogP contribution >= 0.6 is 0 Å². The normalized spacial score (nSPS) is 14.7. The molecule has 162 valence electrons. The molecule has 2 heterocycles. The lowest BCUT2D eigenvalue weighted by Gasteiger charge is -2.25. The van der Waals surface area contributed by atoms with E-state index in [1.807, 2.05) is 31.2 Å². The maximum absolute atomic E-state index is 13.0. The molecule has 0 saturated heterocycles. The van der Waals surface area contributed by atoms with Crippen LogP contribution in [0.25, 0.3) is 0 Å². The van der Waals surface area contributed by atoms with E-state index in [1.165, 1.54) is 6.07 Å². The molecule has 4 rings (SSSR count). The molecule has 1 aliphatic rings. The first-order valence-corrected chi connectivity index (χ1v) is 10.5. The molecule has 1 amide bonds. The number of aromatic nitrogens is 4. The zero-order valence-corrected chi connectivity index (χ0v) is 18.0. The van der Waals surface area contributed by atoms with Crippen molar-refractivity contribution >= 4 is 5.91 Å². The van der Waals surface area contributed by atoms with Gasteiger partial charge < -0.3 is 15.0 Å². The highest BCUT2D eigenvalue weighted by Crippen LogP contribution is 2.34. The Hall–Kier alpha value is -3.42. The van der Waals surface area contributed by atoms with Crippen LogP contribution in [0, 0.1) is 6.92 Å². The maximum atomic E-state index is 13.0. The zero-order valence-electron chi connectivity index (χ0n) is 18.0. The van der Waals surface area contributed by atoms with Crippen molar-refractivity contribution in [2.24, 2.45) is 7.05 Å². The smallest absolute Gasteiger partial charge is 0.255 e. The van der Waals surface area contributed by atoms with Crippen molar-refractivity contribution in [1.82, 2.24) is 25.1 Å². The Morgan fingerprint density at radius 1 is 1.32 bits per heavy atom. The molecule has 0 bridgehead atoms. The van der Waals surface area contributed by atoms with Crippen molar-refractivity contribution in [1.29, 1.82) is 0 Å². The Bertz CT molecular complexity index is 1130. The number of hydrogen-bond donors (Lipinski definition) is 2. The van der Waals surface area contributed by atoms with Gasteiger partial charge in [-0.1, -0.05) is 18.6 Å². The molecular formula is C23H27N5O3. The van der Waals surface area contributed by atoms with E-state index in [-0.39, 0.29) is 17.5 Å². The molecule has 31 heavy (non-hydrogen) atoms. The second-order valence-electron chi connectivity index (χ2n) is 8.02. The molecule has 0 aliphatic heterocycles. The highest BCUT2D eigenvalue weighted by Gasteiger charge is 2.24. The minimum atomic E-state index is -0.360. The number of carbonyl (C=O) groups excluding carboxylic acids is 1. The number of benzene rings is 1. The van der Waals surface area contributed by atoms with Gasteiger partial charge >= 0.3 is 0 Å². The van der Waals surface area contributed by atoms with Crippen LogP contribution in [0.5, 0.6) is 5.75 Å². The topological polar surface area (TPSA) is 102 Å². The number of H-pyrrole nitrogens is 1. The summed E-state index contributed by atoms with van der Waals surface area (Å²) < 4.78 is 6.92. The van der Waals surface area contributed by atoms with Crippen LogP contribution in [0.2, 0.25) is 0 Å². The molecule has 2 aromatic heterocycles. The summed E-state index contributed by atoms with van der Waals surface area (Å²) in [6, 6.07) is 8.70. The van der Waals surface area contributed by atoms with Crippen molar-refractivity contribution in [3.8, 4) is 5.75 Å². The number of amides is 1. The molecule has 3 aromatic rings. The first kappa shape index (κ1) is 20.8. The van der Waals surface area contributed by atoms with Gasteiger partial charge in [-0.2, -0.15) is 5.10 Å². The van der Waals surface area contributed by atoms with E-state index in [2.05, 4.69) is 15.4 Å². The van der Waals surface area contributed by atoms with Crippen LogP contribution in [0.1, 0.15) is 64.4 Å². The van der Waals surface area contributed by atoms with Gasteiger partial charge in [-0.05, 0) is 37.5 Å². The third-order valence-electron chi connectivity index (χ3n) is 6.02. The van der Waals surface area contributed by atoms with Gasteiger partial charge in [0.2, 0.25) is 0 Å². The third-order valence-corrected chi connectivity index (χ3v) is 6.02. The average molecular weight is 422 g/mol. The van der Waals surface area contributed by atoms with E-state index in [9.17, 15) is 9.59 Å². The van der Waals surface area contributed by atoms with Crippen molar-refractivity contribution in [2.75, 3.05) is 7.11 Å². The molecule has 8 heteroatoms. The molecule has 0 unspecified atom stereocenters. The molecule has 0 spiro atoms. The number of methoxy groups -OCH3 is 1. The largest absolute Gasteiger partial charge is 0.497 e. The lowest BCUT2D eigenvalue weighted by atomic mass is 9.85. The number of hydrogen-bond acceptors (Lipinski definition) is 5. The Labute approximate surface area is 180 Å². The molecule has 8 nitrogen and oxygen atoms in total. The summed E-state index contributed by atoms with van der Waals surface area (Å²) in [5.74, 6) is 1.59. The van der Waals surface area contributed by atoms with E-state index in [4.69, 9.17) is 9.72 Å². The van der Waals surface area contributed by atoms with Crippen molar-refractivity contribution in [3.63, 3.8) is 0 Å². The monoisotopic (exact) mass is 421 g/mol. The van der Waals surface area contributed by atoms with Gasteiger partial charge in [0, 0.05) is 31.1 Å². The van der Waals surface area contributed by atoms with Gasteiger partial charge in [0.25, 0.3) is 11.5 Å². The maximum Gasteiger partial charge on any atom is 0.255 e. The summed E-state index contributed by atoms with van der Waals surface area (Å²) in [6.45, 7) is 1.85. The van der Waals surface area contributed by atoms with Crippen molar-refractivity contribution in [3.05, 3.63) is 75.2 Å². The van der Waals surface area contributed by atoms with Gasteiger partial charge in [-0.25, -0.2) is 4.98 Å². The molecule has 1 saturated carbocycles. The second kappa shape index (κ2) is 8.75. The minimum Gasteiger partial charge on any atom is -0.497 e. The zero-order chi connectivity index (χ0) is 22.0. The van der Waals surface area contributed by atoms with Gasteiger partial charge in [0.1, 0.15) is 11.6 Å². The number of ether oxygens (including phenoxy) is 1. The van der Waals surface area contributed by atoms with Crippen LogP contribution in [-0.4, -0.2) is 32.8 Å². The first-order chi connectivity index (χ1) is 14.9. The quantitative estimate of drug-likeness (QED) is 0.611. The van der Waals surface area contributed by atoms with Crippen LogP contribution in [-0.2, 0) is 13.5 Å². The molecule has 1 aromatic carbocycles. The van der Waals surface area contributed by atoms with E-state index in [0.29, 0.717) is 23.6 Å². The van der Waals surface area contributed by atoms with Crippen LogP contribution in [0.4, 0.5) is 0 Å². The second-order valence-corrected chi connectivity index (χ2v) is 8.02. The van der Waals surface area contributed by atoms with E-state index in [1.54, 1.807) is 25.0 Å². The van der Waals surface area contributed by atoms with Crippen LogP contribution in [0.3, 0.4) is 0 Å². The fraction of sp³-hybridized carbons (Fsp3) is 0.391. The number of rotatable bonds is 7. The van der Waals surface area contributed by atoms with Gasteiger partial charge in [0.05, 0.1) is 30.6 Å². The fourth-order valence-corrected chi connectivity index (χ4v) is 3.76. The standard InChI is InChI=1S/C23H27N5O3/c1-14-19(13-24-28(14)2)23(30)26-20(15-7-9-18(31-3)10-8-15)11-17-12-21(29)27-22(25-17)16-5-4-6-16/h7-10,12-13,16,20H,4-6,11H2,1-3H3,(H,26,30)(H,25,27,29)/t20-/m0/s1. The van der Waals surface area contributed by atoms with E-state index in [0.717, 1.165) is 42.1 Å². The lowest BCUT2D eigenvalue weighted by Crippen LogP contribution is -2.31. The Morgan fingerprint density at radius 3 is 2.65 bits per heavy atom. The molecule has 2 N–H and O–H groups in total. The summed E-state index contributed by atoms with van der Waals surface area (Å²) in [5.41, 5.74) is 2.72. The lowest BCUT2D eigenvalue weighted by molar-refractivity contribution is 0.0935. The van der Waals surface area contributed by atoms with Crippen LogP contribution < -0.4 is 15.6 Å². The number of nitrogens with one attached hydrogen (secondary N) is 2. The Morgan fingerprint density at radius 2 is 2.06 bits per heavy atom. The number of aryl methyl sites for hydroxylation is 1. The van der Waals surface area contributed by atoms with E-state index >= 15 is 0 Å². The number of nitrogens with zero attached hydrogens (tertiary/aromatic N) is 3. The average Bonchev–Trinajstić information content (AvgIpc) is 3.04. The summed E-state index contributed by atoms with van der Waals surface area (Å²) in [5, 5.41) is 7.26. The van der Waals surface area contributed by atoms with Gasteiger partial charge in [-0.15, -0.1) is 0 Å². The van der Waals surface area contributed by atoms with Gasteiger partial charge in [-0.3, -0.25) is 14.3 Å². The Balaban J connectivity index is 1.63. The summed E-state index contributed by atoms with van der Waals surface area (Å²) in [6.07, 6.45) is 5.22. The fourth-order valence-electron chi connectivity index (χ4n) is 3.76. The summed E-state index contributed by atoms with van der Waals surface area (Å²) in [7, 11) is 3.41. The number of aromatic amines is 1. The molecule has 1 atom stereocenters. The van der Waals surface area contributed by atoms with Crippen molar-refractivity contribution < 1.29 is 9.53 Å². The minimum absolute atomic E-state index is 0.158. The number of carbonyl (C=O) groups is 1. The highest BCUT2D eigenvalue weighted by molar-refractivity contribution is 5.95. The van der Waals surface area contributed by atoms with Crippen LogP contribution in [0.15, 0.2) is 41.3 Å². The molecule has 1 aliphatic carbocycles. The first-order valence-electron chi connectivity index (χ1n) is 10.5. The van der Waals surface area contributed by atoms with Crippen molar-refractivity contribution in [2.45, 2.75) is 44.6 Å². The SMILES string of the molecule is COc1ccc([C@H](Cc2cc(=O)[nH]c(C3CCC3)n2)NC(=O)c2cnn(C)c2C)cc1. The summed E-state index contributed by atoms with van der Waals surface area (Å²) in [4.78, 5) is 32.8. The predicted molar refractivity (Wildman–Crippen MR) is 116 cm³/mol. The highest BCUT2D eigenvalue weighted by atomic mass is 16.5. The Kier molecular flexibility index (Phi) is 5.88. The molecule has 1 fully saturated rings. The molecule has 0 radical (unpaired) electrons. The van der Waals surface area contributed by atoms with Gasteiger partial charge in [0.15, 0.2) is 0 Å². The molecular weight excluding hydrogens is 394 g/mol. The van der Waals surface area contributed by atoms with E-state index < -0.39 is 0 Å².